The molecule has 0 aromatic heterocycles. The van der Waals surface area contributed by atoms with Crippen LogP contribution in [0.1, 0.15) is 44.0 Å². The second-order valence-electron chi connectivity index (χ2n) is 6.68. The summed E-state index contributed by atoms with van der Waals surface area (Å²) in [6.45, 7) is 6.41. The molecule has 1 saturated heterocycles. The van der Waals surface area contributed by atoms with Crippen LogP contribution in [-0.4, -0.2) is 42.1 Å². The molecule has 0 N–H and O–H groups in total. The fraction of sp³-hybridized carbons (Fsp3) is 0.529. The van der Waals surface area contributed by atoms with Gasteiger partial charge in [0.2, 0.25) is 0 Å². The third-order valence-corrected chi connectivity index (χ3v) is 3.89. The number of halogens is 2. The molecule has 7 heteroatoms. The molecule has 132 valence electrons. The molecule has 0 bridgehead atoms. The number of nitrogens with zero attached hydrogens (tertiary/aromatic N) is 1. The lowest BCUT2D eigenvalue weighted by atomic mass is 10.1. The van der Waals surface area contributed by atoms with E-state index in [0.29, 0.717) is 32.2 Å². The van der Waals surface area contributed by atoms with E-state index in [1.165, 1.54) is 12.1 Å². The molecular formula is C17H21ClFNO4. The van der Waals surface area contributed by atoms with Crippen LogP contribution in [0.2, 0.25) is 5.02 Å². The van der Waals surface area contributed by atoms with Gasteiger partial charge in [-0.2, -0.15) is 0 Å². The van der Waals surface area contributed by atoms with E-state index in [-0.39, 0.29) is 28.5 Å². The number of carbonyl (C=O) groups is 2. The van der Waals surface area contributed by atoms with Crippen molar-refractivity contribution in [3.8, 4) is 5.75 Å². The first-order valence-electron chi connectivity index (χ1n) is 7.79. The third kappa shape index (κ3) is 4.60. The van der Waals surface area contributed by atoms with Gasteiger partial charge in [-0.05, 0) is 32.9 Å². The number of aldehydes is 1. The zero-order valence-electron chi connectivity index (χ0n) is 14.0. The summed E-state index contributed by atoms with van der Waals surface area (Å²) < 4.78 is 24.9. The Kier molecular flexibility index (Phi) is 5.70. The van der Waals surface area contributed by atoms with E-state index in [4.69, 9.17) is 21.1 Å². The molecule has 0 aliphatic carbocycles. The Labute approximate surface area is 145 Å². The quantitative estimate of drug-likeness (QED) is 0.765. The maximum Gasteiger partial charge on any atom is 0.410 e. The summed E-state index contributed by atoms with van der Waals surface area (Å²) >= 11 is 5.67. The standard InChI is InChI=1S/C17H21ClFNO4/c1-17(2,3)24-16(22)20-8-6-11(7-9-20)23-14-5-4-13(18)15(19)12(14)10-21/h4-5,10-11H,6-9H2,1-3H3. The summed E-state index contributed by atoms with van der Waals surface area (Å²) in [6.07, 6.45) is 0.977. The average molecular weight is 358 g/mol. The first-order chi connectivity index (χ1) is 11.2. The van der Waals surface area contributed by atoms with Crippen molar-refractivity contribution in [1.29, 1.82) is 0 Å². The molecule has 1 heterocycles. The minimum Gasteiger partial charge on any atom is -0.489 e. The number of hydrogen-bond acceptors (Lipinski definition) is 4. The van der Waals surface area contributed by atoms with Gasteiger partial charge in [-0.25, -0.2) is 9.18 Å². The smallest absolute Gasteiger partial charge is 0.410 e. The fourth-order valence-corrected chi connectivity index (χ4v) is 2.59. The molecule has 1 aromatic rings. The van der Waals surface area contributed by atoms with Gasteiger partial charge in [0.25, 0.3) is 0 Å². The number of hydrogen-bond donors (Lipinski definition) is 0. The van der Waals surface area contributed by atoms with Crippen molar-refractivity contribution in [3.05, 3.63) is 28.5 Å². The molecule has 5 nitrogen and oxygen atoms in total. The van der Waals surface area contributed by atoms with Crippen LogP contribution >= 0.6 is 11.6 Å². The molecule has 0 saturated carbocycles. The van der Waals surface area contributed by atoms with Crippen LogP contribution < -0.4 is 4.74 Å². The van der Waals surface area contributed by atoms with Crippen molar-refractivity contribution in [2.75, 3.05) is 13.1 Å². The van der Waals surface area contributed by atoms with Crippen LogP contribution in [0.15, 0.2) is 12.1 Å². The van der Waals surface area contributed by atoms with Crippen LogP contribution in [-0.2, 0) is 4.74 Å². The number of carbonyl (C=O) groups excluding carboxylic acids is 2. The van der Waals surface area contributed by atoms with E-state index in [2.05, 4.69) is 0 Å². The third-order valence-electron chi connectivity index (χ3n) is 3.60. The maximum absolute atomic E-state index is 13.8. The lowest BCUT2D eigenvalue weighted by Gasteiger charge is -2.33. The number of ether oxygens (including phenoxy) is 2. The summed E-state index contributed by atoms with van der Waals surface area (Å²) in [6, 6.07) is 2.84. The van der Waals surface area contributed by atoms with Crippen molar-refractivity contribution in [3.63, 3.8) is 0 Å². The summed E-state index contributed by atoms with van der Waals surface area (Å²) in [5.41, 5.74) is -0.721. The molecule has 1 fully saturated rings. The molecule has 1 aliphatic rings. The highest BCUT2D eigenvalue weighted by atomic mass is 35.5. The minimum absolute atomic E-state index is 0.121. The lowest BCUT2D eigenvalue weighted by molar-refractivity contribution is 0.0126. The second-order valence-corrected chi connectivity index (χ2v) is 7.08. The highest BCUT2D eigenvalue weighted by molar-refractivity contribution is 6.31. The predicted molar refractivity (Wildman–Crippen MR) is 88.3 cm³/mol. The van der Waals surface area contributed by atoms with Crippen molar-refractivity contribution in [2.24, 2.45) is 0 Å². The molecule has 1 aliphatic heterocycles. The van der Waals surface area contributed by atoms with Gasteiger partial charge in [-0.15, -0.1) is 0 Å². The topological polar surface area (TPSA) is 55.8 Å². The Morgan fingerprint density at radius 1 is 1.33 bits per heavy atom. The zero-order chi connectivity index (χ0) is 17.9. The van der Waals surface area contributed by atoms with Gasteiger partial charge in [0, 0.05) is 25.9 Å². The minimum atomic E-state index is -0.782. The molecule has 0 radical (unpaired) electrons. The molecule has 2 rings (SSSR count). The number of rotatable bonds is 3. The highest BCUT2D eigenvalue weighted by Gasteiger charge is 2.28. The summed E-state index contributed by atoms with van der Waals surface area (Å²) in [5.74, 6) is -0.613. The van der Waals surface area contributed by atoms with Crippen LogP contribution in [0.3, 0.4) is 0 Å². The van der Waals surface area contributed by atoms with Crippen molar-refractivity contribution in [2.45, 2.75) is 45.3 Å². The van der Waals surface area contributed by atoms with E-state index >= 15 is 0 Å². The Morgan fingerprint density at radius 3 is 2.50 bits per heavy atom. The number of piperidine rings is 1. The number of benzene rings is 1. The largest absolute Gasteiger partial charge is 0.489 e. The highest BCUT2D eigenvalue weighted by Crippen LogP contribution is 2.28. The van der Waals surface area contributed by atoms with Crippen molar-refractivity contribution >= 4 is 24.0 Å². The Bertz CT molecular complexity index is 622. The predicted octanol–water partition coefficient (Wildman–Crippen LogP) is 4.07. The Hall–Kier alpha value is -1.82. The SMILES string of the molecule is CC(C)(C)OC(=O)N1CCC(Oc2ccc(Cl)c(F)c2C=O)CC1. The molecular weight excluding hydrogens is 337 g/mol. The molecule has 0 unspecified atom stereocenters. The maximum atomic E-state index is 13.8. The van der Waals surface area contributed by atoms with E-state index < -0.39 is 11.4 Å². The van der Waals surface area contributed by atoms with E-state index in [9.17, 15) is 14.0 Å². The molecule has 1 aromatic carbocycles. The fourth-order valence-electron chi connectivity index (χ4n) is 2.42. The summed E-state index contributed by atoms with van der Waals surface area (Å²) in [7, 11) is 0. The van der Waals surface area contributed by atoms with Gasteiger partial charge >= 0.3 is 6.09 Å². The van der Waals surface area contributed by atoms with Gasteiger partial charge in [-0.1, -0.05) is 11.6 Å². The van der Waals surface area contributed by atoms with Crippen molar-refractivity contribution < 1.29 is 23.5 Å². The first kappa shape index (κ1) is 18.5. The van der Waals surface area contributed by atoms with E-state index in [1.54, 1.807) is 4.90 Å². The monoisotopic (exact) mass is 357 g/mol. The van der Waals surface area contributed by atoms with Crippen molar-refractivity contribution in [1.82, 2.24) is 4.90 Å². The van der Waals surface area contributed by atoms with Crippen LogP contribution in [0.4, 0.5) is 9.18 Å². The van der Waals surface area contributed by atoms with Crippen LogP contribution in [0.25, 0.3) is 0 Å². The normalized spacial score (nSPS) is 16.0. The van der Waals surface area contributed by atoms with Gasteiger partial charge < -0.3 is 14.4 Å². The number of likely N-dealkylation sites (tertiary alicyclic amines) is 1. The van der Waals surface area contributed by atoms with Crippen LogP contribution in [0, 0.1) is 5.82 Å². The van der Waals surface area contributed by atoms with Gasteiger partial charge in [-0.3, -0.25) is 4.79 Å². The van der Waals surface area contributed by atoms with Gasteiger partial charge in [0.15, 0.2) is 12.1 Å². The zero-order valence-corrected chi connectivity index (χ0v) is 14.7. The Balaban J connectivity index is 1.96. The summed E-state index contributed by atoms with van der Waals surface area (Å²) in [5, 5.41) is -0.121. The molecule has 0 spiro atoms. The first-order valence-corrected chi connectivity index (χ1v) is 8.17. The molecule has 1 amide bonds. The molecule has 0 atom stereocenters. The second kappa shape index (κ2) is 7.38. The average Bonchev–Trinajstić information content (AvgIpc) is 2.50. The van der Waals surface area contributed by atoms with Gasteiger partial charge in [0.05, 0.1) is 10.6 Å². The Morgan fingerprint density at radius 2 is 1.96 bits per heavy atom. The van der Waals surface area contributed by atoms with E-state index in [1.807, 2.05) is 20.8 Å². The van der Waals surface area contributed by atoms with E-state index in [0.717, 1.165) is 0 Å². The molecule has 24 heavy (non-hydrogen) atoms. The van der Waals surface area contributed by atoms with Crippen LogP contribution in [0.5, 0.6) is 5.75 Å². The number of amides is 1. The lowest BCUT2D eigenvalue weighted by Crippen LogP contribution is -2.44. The summed E-state index contributed by atoms with van der Waals surface area (Å²) in [4.78, 5) is 24.7. The van der Waals surface area contributed by atoms with Gasteiger partial charge in [0.1, 0.15) is 17.5 Å².